The minimum absolute atomic E-state index is 0.207. The van der Waals surface area contributed by atoms with Gasteiger partial charge in [-0.1, -0.05) is 6.07 Å². The zero-order valence-corrected chi connectivity index (χ0v) is 11.8. The van der Waals surface area contributed by atoms with Gasteiger partial charge in [0.25, 0.3) is 0 Å². The van der Waals surface area contributed by atoms with E-state index in [-0.39, 0.29) is 12.2 Å². The second kappa shape index (κ2) is 5.64. The molecule has 4 heteroatoms. The highest BCUT2D eigenvalue weighted by molar-refractivity contribution is 7.98. The van der Waals surface area contributed by atoms with E-state index in [1.165, 1.54) is 0 Å². The molecule has 1 aliphatic rings. The molecule has 1 aliphatic heterocycles. The number of rotatable bonds is 2. The molecule has 2 rings (SSSR count). The van der Waals surface area contributed by atoms with Crippen LogP contribution in [0.4, 0.5) is 5.69 Å². The van der Waals surface area contributed by atoms with Crippen molar-refractivity contribution in [2.45, 2.75) is 31.0 Å². The van der Waals surface area contributed by atoms with Crippen molar-refractivity contribution < 1.29 is 4.74 Å². The molecule has 1 fully saturated rings. The summed E-state index contributed by atoms with van der Waals surface area (Å²) >= 11 is 1.62. The average molecular weight is 262 g/mol. The Morgan fingerprint density at radius 2 is 2.00 bits per heavy atom. The number of benzene rings is 1. The molecule has 0 bridgehead atoms. The largest absolute Gasteiger partial charge is 0.372 e. The Labute approximate surface area is 113 Å². The molecule has 0 amide bonds. The van der Waals surface area contributed by atoms with Crippen molar-refractivity contribution in [2.24, 2.45) is 0 Å². The number of thioether (sulfide) groups is 1. The second-order valence-electron chi connectivity index (χ2n) is 4.63. The lowest BCUT2D eigenvalue weighted by Crippen LogP contribution is -2.45. The number of morpholine rings is 1. The topological polar surface area (TPSA) is 36.3 Å². The predicted molar refractivity (Wildman–Crippen MR) is 75.2 cm³/mol. The predicted octanol–water partition coefficient (Wildman–Crippen LogP) is 2.89. The molecule has 96 valence electrons. The number of hydrogen-bond donors (Lipinski definition) is 0. The fourth-order valence-corrected chi connectivity index (χ4v) is 3.01. The monoisotopic (exact) mass is 262 g/mol. The third kappa shape index (κ3) is 2.63. The summed E-state index contributed by atoms with van der Waals surface area (Å²) in [6.07, 6.45) is 2.42. The van der Waals surface area contributed by atoms with Gasteiger partial charge in [-0.05, 0) is 32.2 Å². The van der Waals surface area contributed by atoms with Crippen molar-refractivity contribution >= 4 is 17.4 Å². The van der Waals surface area contributed by atoms with Crippen molar-refractivity contribution in [1.82, 2.24) is 0 Å². The molecule has 1 aromatic rings. The third-order valence-corrected chi connectivity index (χ3v) is 3.88. The number of ether oxygens (including phenoxy) is 1. The minimum Gasteiger partial charge on any atom is -0.372 e. The van der Waals surface area contributed by atoms with E-state index in [4.69, 9.17) is 4.74 Å². The molecule has 0 aliphatic carbocycles. The Hall–Kier alpha value is -1.18. The van der Waals surface area contributed by atoms with Crippen LogP contribution in [-0.4, -0.2) is 31.6 Å². The smallest absolute Gasteiger partial charge is 0.103 e. The van der Waals surface area contributed by atoms with Crippen LogP contribution in [0.15, 0.2) is 23.1 Å². The quantitative estimate of drug-likeness (QED) is 0.768. The molecule has 1 aromatic carbocycles. The van der Waals surface area contributed by atoms with Gasteiger partial charge in [-0.2, -0.15) is 5.26 Å². The molecule has 18 heavy (non-hydrogen) atoms. The van der Waals surface area contributed by atoms with Gasteiger partial charge in [0, 0.05) is 18.0 Å². The van der Waals surface area contributed by atoms with Crippen LogP contribution >= 0.6 is 11.8 Å². The van der Waals surface area contributed by atoms with Gasteiger partial charge in [0.1, 0.15) is 6.07 Å². The SMILES string of the molecule is CSc1cccc(N2C[C@@H](C)O[C@@H](C)C2)c1C#N. The molecular weight excluding hydrogens is 244 g/mol. The summed E-state index contributed by atoms with van der Waals surface area (Å²) in [5.41, 5.74) is 1.82. The van der Waals surface area contributed by atoms with Crippen LogP contribution in [0.2, 0.25) is 0 Å². The van der Waals surface area contributed by atoms with Crippen molar-refractivity contribution in [3.63, 3.8) is 0 Å². The molecule has 1 saturated heterocycles. The summed E-state index contributed by atoms with van der Waals surface area (Å²) in [6.45, 7) is 5.84. The Morgan fingerprint density at radius 3 is 2.56 bits per heavy atom. The molecular formula is C14H18N2OS. The zero-order chi connectivity index (χ0) is 13.1. The van der Waals surface area contributed by atoms with E-state index < -0.39 is 0 Å². The van der Waals surface area contributed by atoms with Gasteiger partial charge in [-0.15, -0.1) is 11.8 Å². The first-order chi connectivity index (χ1) is 8.65. The van der Waals surface area contributed by atoms with Crippen LogP contribution in [0.3, 0.4) is 0 Å². The van der Waals surface area contributed by atoms with E-state index in [1.807, 2.05) is 24.5 Å². The van der Waals surface area contributed by atoms with Gasteiger partial charge < -0.3 is 9.64 Å². The molecule has 0 saturated carbocycles. The summed E-state index contributed by atoms with van der Waals surface area (Å²) in [5.74, 6) is 0. The van der Waals surface area contributed by atoms with Crippen LogP contribution in [0.5, 0.6) is 0 Å². The number of nitriles is 1. The van der Waals surface area contributed by atoms with E-state index in [0.29, 0.717) is 0 Å². The highest BCUT2D eigenvalue weighted by Gasteiger charge is 2.24. The second-order valence-corrected chi connectivity index (χ2v) is 5.48. The van der Waals surface area contributed by atoms with Gasteiger partial charge in [0.15, 0.2) is 0 Å². The van der Waals surface area contributed by atoms with Gasteiger partial charge in [0.05, 0.1) is 23.5 Å². The van der Waals surface area contributed by atoms with Gasteiger partial charge in [-0.3, -0.25) is 0 Å². The zero-order valence-electron chi connectivity index (χ0n) is 11.0. The first kappa shape index (κ1) is 13.3. The van der Waals surface area contributed by atoms with Crippen molar-refractivity contribution in [2.75, 3.05) is 24.2 Å². The van der Waals surface area contributed by atoms with E-state index in [1.54, 1.807) is 11.8 Å². The summed E-state index contributed by atoms with van der Waals surface area (Å²) in [5, 5.41) is 9.37. The first-order valence-electron chi connectivity index (χ1n) is 6.13. The first-order valence-corrected chi connectivity index (χ1v) is 7.35. The number of nitrogens with zero attached hydrogens (tertiary/aromatic N) is 2. The summed E-state index contributed by atoms with van der Waals surface area (Å²) < 4.78 is 5.74. The average Bonchev–Trinajstić information content (AvgIpc) is 2.36. The molecule has 3 nitrogen and oxygen atoms in total. The maximum absolute atomic E-state index is 9.37. The Kier molecular flexibility index (Phi) is 4.15. The standard InChI is InChI=1S/C14H18N2OS/c1-10-8-16(9-11(2)17-10)13-5-4-6-14(18-3)12(13)7-15/h4-6,10-11H,8-9H2,1-3H3/t10-,11+. The molecule has 0 aromatic heterocycles. The lowest BCUT2D eigenvalue weighted by atomic mass is 10.1. The van der Waals surface area contributed by atoms with Gasteiger partial charge in [0.2, 0.25) is 0 Å². The lowest BCUT2D eigenvalue weighted by molar-refractivity contribution is -0.00524. The fraction of sp³-hybridized carbons (Fsp3) is 0.500. The number of hydrogen-bond acceptors (Lipinski definition) is 4. The molecule has 2 atom stereocenters. The molecule has 0 spiro atoms. The van der Waals surface area contributed by atoms with Gasteiger partial charge >= 0.3 is 0 Å². The molecule has 0 radical (unpaired) electrons. The highest BCUT2D eigenvalue weighted by atomic mass is 32.2. The normalized spacial score (nSPS) is 23.8. The van der Waals surface area contributed by atoms with Crippen LogP contribution in [0.25, 0.3) is 0 Å². The fourth-order valence-electron chi connectivity index (χ4n) is 2.44. The van der Waals surface area contributed by atoms with Crippen LogP contribution in [-0.2, 0) is 4.74 Å². The van der Waals surface area contributed by atoms with Crippen molar-refractivity contribution in [3.8, 4) is 6.07 Å². The molecule has 1 heterocycles. The van der Waals surface area contributed by atoms with E-state index >= 15 is 0 Å². The van der Waals surface area contributed by atoms with E-state index in [2.05, 4.69) is 24.8 Å². The third-order valence-electron chi connectivity index (χ3n) is 3.10. The minimum atomic E-state index is 0.207. The van der Waals surface area contributed by atoms with E-state index in [9.17, 15) is 5.26 Å². The molecule has 0 N–H and O–H groups in total. The van der Waals surface area contributed by atoms with Crippen LogP contribution < -0.4 is 4.90 Å². The van der Waals surface area contributed by atoms with Crippen molar-refractivity contribution in [3.05, 3.63) is 23.8 Å². The summed E-state index contributed by atoms with van der Waals surface area (Å²) in [7, 11) is 0. The van der Waals surface area contributed by atoms with Crippen LogP contribution in [0, 0.1) is 11.3 Å². The summed E-state index contributed by atoms with van der Waals surface area (Å²) in [4.78, 5) is 3.30. The number of anilines is 1. The Balaban J connectivity index is 2.36. The Bertz CT molecular complexity index is 459. The highest BCUT2D eigenvalue weighted by Crippen LogP contribution is 2.30. The van der Waals surface area contributed by atoms with Gasteiger partial charge in [-0.25, -0.2) is 0 Å². The maximum Gasteiger partial charge on any atom is 0.103 e. The van der Waals surface area contributed by atoms with Crippen LogP contribution in [0.1, 0.15) is 19.4 Å². The Morgan fingerprint density at radius 1 is 1.33 bits per heavy atom. The van der Waals surface area contributed by atoms with E-state index in [0.717, 1.165) is 29.2 Å². The molecule has 0 unspecified atom stereocenters. The van der Waals surface area contributed by atoms with Crippen molar-refractivity contribution in [1.29, 1.82) is 5.26 Å². The lowest BCUT2D eigenvalue weighted by Gasteiger charge is -2.37. The maximum atomic E-state index is 9.37. The summed E-state index contributed by atoms with van der Waals surface area (Å²) in [6, 6.07) is 8.39.